The average molecular weight is 162 g/mol. The molecule has 0 aliphatic carbocycles. The molecule has 2 unspecified atom stereocenters. The van der Waals surface area contributed by atoms with E-state index in [0.717, 1.165) is 0 Å². The smallest absolute Gasteiger partial charge is 0.261 e. The van der Waals surface area contributed by atoms with E-state index in [2.05, 4.69) is 4.99 Å². The molecular weight excluding hydrogens is 156 g/mol. The van der Waals surface area contributed by atoms with Gasteiger partial charge in [-0.1, -0.05) is 0 Å². The van der Waals surface area contributed by atoms with Crippen LogP contribution in [-0.2, 0) is 0 Å². The monoisotopic (exact) mass is 162 g/mol. The topological polar surface area (TPSA) is 125 Å². The highest BCUT2D eigenvalue weighted by Gasteiger charge is 2.40. The predicted octanol–water partition coefficient (Wildman–Crippen LogP) is -2.55. The SMILES string of the molecule is NC1=NC(O)C(O)N1[N+](=O)[O-]. The number of nitro groups is 1. The number of hydrogen-bond donors (Lipinski definition) is 3. The van der Waals surface area contributed by atoms with Crippen molar-refractivity contribution in [2.24, 2.45) is 10.7 Å². The summed E-state index contributed by atoms with van der Waals surface area (Å²) >= 11 is 0. The van der Waals surface area contributed by atoms with Crippen LogP contribution >= 0.6 is 0 Å². The number of nitrogens with two attached hydrogens (primary N) is 1. The fourth-order valence-electron chi connectivity index (χ4n) is 0.703. The van der Waals surface area contributed by atoms with E-state index in [0.29, 0.717) is 0 Å². The minimum absolute atomic E-state index is 0.185. The Hall–Kier alpha value is -1.41. The Morgan fingerprint density at radius 2 is 2.27 bits per heavy atom. The van der Waals surface area contributed by atoms with Gasteiger partial charge >= 0.3 is 0 Å². The van der Waals surface area contributed by atoms with E-state index in [1.54, 1.807) is 0 Å². The summed E-state index contributed by atoms with van der Waals surface area (Å²) in [5.74, 6) is -0.505. The molecule has 8 nitrogen and oxygen atoms in total. The van der Waals surface area contributed by atoms with Gasteiger partial charge in [0, 0.05) is 0 Å². The Balaban J connectivity index is 2.83. The van der Waals surface area contributed by atoms with Gasteiger partial charge in [0.2, 0.25) is 12.5 Å². The summed E-state index contributed by atoms with van der Waals surface area (Å²) in [4.78, 5) is 13.2. The molecule has 1 heterocycles. The predicted molar refractivity (Wildman–Crippen MR) is 32.5 cm³/mol. The second-order valence-electron chi connectivity index (χ2n) is 1.90. The van der Waals surface area contributed by atoms with Crippen LogP contribution in [0.3, 0.4) is 0 Å². The van der Waals surface area contributed by atoms with Crippen LogP contribution in [0.4, 0.5) is 0 Å². The highest BCUT2D eigenvalue weighted by atomic mass is 16.7. The summed E-state index contributed by atoms with van der Waals surface area (Å²) < 4.78 is 0. The van der Waals surface area contributed by atoms with Gasteiger partial charge in [0.1, 0.15) is 0 Å². The van der Waals surface area contributed by atoms with Crippen molar-refractivity contribution in [3.63, 3.8) is 0 Å². The zero-order valence-electron chi connectivity index (χ0n) is 5.28. The molecule has 8 heteroatoms. The van der Waals surface area contributed by atoms with E-state index in [-0.39, 0.29) is 5.01 Å². The molecule has 0 aromatic rings. The van der Waals surface area contributed by atoms with E-state index in [1.807, 2.05) is 0 Å². The number of guanidine groups is 1. The number of hydrazine groups is 1. The maximum atomic E-state index is 10.1. The Kier molecular flexibility index (Phi) is 1.63. The first-order valence-corrected chi connectivity index (χ1v) is 2.67. The lowest BCUT2D eigenvalue weighted by molar-refractivity contribution is -0.648. The molecule has 1 aliphatic heterocycles. The van der Waals surface area contributed by atoms with Gasteiger partial charge in [0.25, 0.3) is 5.96 Å². The van der Waals surface area contributed by atoms with Crippen molar-refractivity contribution in [2.75, 3.05) is 0 Å². The van der Waals surface area contributed by atoms with Gasteiger partial charge in [-0.3, -0.25) is 0 Å². The molecule has 0 saturated carbocycles. The van der Waals surface area contributed by atoms with Crippen LogP contribution in [0, 0.1) is 10.1 Å². The summed E-state index contributed by atoms with van der Waals surface area (Å²) in [6, 6.07) is 0. The number of hydrogen-bond acceptors (Lipinski definition) is 6. The second-order valence-corrected chi connectivity index (χ2v) is 1.90. The maximum absolute atomic E-state index is 10.1. The third-order valence-electron chi connectivity index (χ3n) is 1.19. The summed E-state index contributed by atoms with van der Waals surface area (Å²) in [6.45, 7) is 0. The lowest BCUT2D eigenvalue weighted by Gasteiger charge is -2.11. The molecule has 2 atom stereocenters. The highest BCUT2D eigenvalue weighted by molar-refractivity contribution is 5.78. The molecule has 1 aliphatic rings. The van der Waals surface area contributed by atoms with Crippen LogP contribution in [0.2, 0.25) is 0 Å². The van der Waals surface area contributed by atoms with Gasteiger partial charge in [0.05, 0.1) is 0 Å². The van der Waals surface area contributed by atoms with Crippen molar-refractivity contribution >= 4 is 5.96 Å². The van der Waals surface area contributed by atoms with Crippen molar-refractivity contribution in [3.05, 3.63) is 10.1 Å². The van der Waals surface area contributed by atoms with Crippen LogP contribution in [0.5, 0.6) is 0 Å². The molecule has 0 aromatic carbocycles. The third kappa shape index (κ3) is 1.08. The number of aliphatic hydroxyl groups is 2. The van der Waals surface area contributed by atoms with Crippen LogP contribution in [0.1, 0.15) is 0 Å². The second kappa shape index (κ2) is 2.32. The van der Waals surface area contributed by atoms with Gasteiger partial charge in [-0.25, -0.2) is 15.1 Å². The minimum Gasteiger partial charge on any atom is -0.368 e. The van der Waals surface area contributed by atoms with Crippen LogP contribution in [-0.4, -0.2) is 38.7 Å². The zero-order chi connectivity index (χ0) is 8.59. The molecule has 11 heavy (non-hydrogen) atoms. The standard InChI is InChI=1S/C3H6N4O4/c4-3-5-1(8)2(9)6(3)7(10)11/h1-2,8-9H,(H2,4,5). The molecule has 0 fully saturated rings. The van der Waals surface area contributed by atoms with E-state index < -0.39 is 23.4 Å². The van der Waals surface area contributed by atoms with Crippen molar-refractivity contribution in [1.29, 1.82) is 0 Å². The zero-order valence-corrected chi connectivity index (χ0v) is 5.28. The number of nitrogens with zero attached hydrogens (tertiary/aromatic N) is 3. The first-order valence-electron chi connectivity index (χ1n) is 2.67. The summed E-state index contributed by atoms with van der Waals surface area (Å²) in [7, 11) is 0. The van der Waals surface area contributed by atoms with E-state index in [9.17, 15) is 10.1 Å². The van der Waals surface area contributed by atoms with Crippen molar-refractivity contribution in [3.8, 4) is 0 Å². The van der Waals surface area contributed by atoms with Crippen LogP contribution in [0.25, 0.3) is 0 Å². The molecule has 4 N–H and O–H groups in total. The van der Waals surface area contributed by atoms with Crippen molar-refractivity contribution in [1.82, 2.24) is 5.01 Å². The lowest BCUT2D eigenvalue weighted by atomic mass is 10.5. The fourth-order valence-corrected chi connectivity index (χ4v) is 0.703. The summed E-state index contributed by atoms with van der Waals surface area (Å²) in [5, 5.41) is 26.9. The first-order chi connectivity index (χ1) is 5.04. The van der Waals surface area contributed by atoms with E-state index in [1.165, 1.54) is 0 Å². The fraction of sp³-hybridized carbons (Fsp3) is 0.667. The Morgan fingerprint density at radius 3 is 2.45 bits per heavy atom. The van der Waals surface area contributed by atoms with Crippen molar-refractivity contribution in [2.45, 2.75) is 12.5 Å². The first kappa shape index (κ1) is 7.69. The van der Waals surface area contributed by atoms with Crippen molar-refractivity contribution < 1.29 is 15.2 Å². The molecule has 62 valence electrons. The molecule has 1 rings (SSSR count). The van der Waals surface area contributed by atoms with Crippen LogP contribution < -0.4 is 5.73 Å². The summed E-state index contributed by atoms with van der Waals surface area (Å²) in [5.41, 5.74) is 4.98. The van der Waals surface area contributed by atoms with Crippen LogP contribution in [0.15, 0.2) is 4.99 Å². The molecule has 0 spiro atoms. The number of rotatable bonds is 1. The van der Waals surface area contributed by atoms with Gasteiger partial charge in [0.15, 0.2) is 5.03 Å². The largest absolute Gasteiger partial charge is 0.368 e. The molecule has 0 saturated heterocycles. The Bertz CT molecular complexity index is 215. The molecule has 0 aromatic heterocycles. The Labute approximate surface area is 60.7 Å². The number of aliphatic imine (C=N–C) groups is 1. The molecular formula is C3H6N4O4. The minimum atomic E-state index is -1.69. The Morgan fingerprint density at radius 1 is 1.73 bits per heavy atom. The molecule has 0 amide bonds. The molecule has 0 bridgehead atoms. The maximum Gasteiger partial charge on any atom is 0.261 e. The van der Waals surface area contributed by atoms with Gasteiger partial charge < -0.3 is 15.9 Å². The summed E-state index contributed by atoms with van der Waals surface area (Å²) in [6.07, 6.45) is -3.23. The number of aliphatic hydroxyl groups excluding tert-OH is 2. The quantitative estimate of drug-likeness (QED) is 0.288. The normalized spacial score (nSPS) is 30.4. The highest BCUT2D eigenvalue weighted by Crippen LogP contribution is 2.10. The van der Waals surface area contributed by atoms with Gasteiger partial charge in [-0.2, -0.15) is 0 Å². The van der Waals surface area contributed by atoms with Gasteiger partial charge in [-0.15, -0.1) is 0 Å². The lowest BCUT2D eigenvalue weighted by Crippen LogP contribution is -2.46. The van der Waals surface area contributed by atoms with E-state index >= 15 is 0 Å². The van der Waals surface area contributed by atoms with Gasteiger partial charge in [-0.05, 0) is 5.01 Å². The third-order valence-corrected chi connectivity index (χ3v) is 1.19. The average Bonchev–Trinajstić information content (AvgIpc) is 2.07. The van der Waals surface area contributed by atoms with E-state index in [4.69, 9.17) is 15.9 Å². The molecule has 0 radical (unpaired) electrons.